The zero-order valence-corrected chi connectivity index (χ0v) is 16.4. The number of allylic oxidation sites excluding steroid dienone is 3. The van der Waals surface area contributed by atoms with Gasteiger partial charge in [-0.15, -0.1) is 5.10 Å². The van der Waals surface area contributed by atoms with Crippen LogP contribution < -0.4 is 10.5 Å². The number of likely N-dealkylation sites (N-methyl/N-ethyl adjacent to an activating group) is 1. The Balaban J connectivity index is 2.12. The fourth-order valence-electron chi connectivity index (χ4n) is 2.73. The van der Waals surface area contributed by atoms with Crippen molar-refractivity contribution in [3.8, 4) is 5.88 Å². The summed E-state index contributed by atoms with van der Waals surface area (Å²) in [6.45, 7) is 7.05. The molecule has 142 valence electrons. The average Bonchev–Trinajstić information content (AvgIpc) is 2.94. The quantitative estimate of drug-likeness (QED) is 0.820. The van der Waals surface area contributed by atoms with Crippen LogP contribution in [0, 0.1) is 13.8 Å². The fraction of sp³-hybridized carbons (Fsp3) is 0.350. The molecule has 7 heteroatoms. The number of pyridine rings is 1. The number of hydrogen-bond acceptors (Lipinski definition) is 6. The number of nitrogens with zero attached hydrogens (tertiary/aromatic N) is 4. The predicted molar refractivity (Wildman–Crippen MR) is 107 cm³/mol. The monoisotopic (exact) mass is 367 g/mol. The van der Waals surface area contributed by atoms with Crippen molar-refractivity contribution in [2.75, 3.05) is 27.2 Å². The maximum Gasteiger partial charge on any atom is 0.260 e. The lowest BCUT2D eigenvalue weighted by Gasteiger charge is -2.11. The van der Waals surface area contributed by atoms with E-state index in [1.54, 1.807) is 13.0 Å². The van der Waals surface area contributed by atoms with Crippen molar-refractivity contribution in [3.63, 3.8) is 0 Å². The van der Waals surface area contributed by atoms with Gasteiger partial charge in [0.05, 0.1) is 16.9 Å². The van der Waals surface area contributed by atoms with Crippen LogP contribution in [0.15, 0.2) is 40.5 Å². The van der Waals surface area contributed by atoms with Gasteiger partial charge in [-0.25, -0.2) is 9.51 Å². The van der Waals surface area contributed by atoms with Crippen LogP contribution in [-0.4, -0.2) is 53.3 Å². The van der Waals surface area contributed by atoms with Gasteiger partial charge in [0.1, 0.15) is 6.61 Å². The van der Waals surface area contributed by atoms with Gasteiger partial charge in [-0.05, 0) is 58.1 Å². The molecule has 2 heterocycles. The van der Waals surface area contributed by atoms with Gasteiger partial charge in [-0.2, -0.15) is 0 Å². The highest BCUT2D eigenvalue weighted by atomic mass is 16.5. The second-order valence-corrected chi connectivity index (χ2v) is 6.99. The van der Waals surface area contributed by atoms with Crippen LogP contribution in [-0.2, 0) is 4.79 Å². The second-order valence-electron chi connectivity index (χ2n) is 6.99. The summed E-state index contributed by atoms with van der Waals surface area (Å²) in [5.74, 6) is 0.356. The van der Waals surface area contributed by atoms with Crippen LogP contribution in [0.4, 0.5) is 5.69 Å². The first kappa shape index (κ1) is 18.8. The van der Waals surface area contributed by atoms with Gasteiger partial charge < -0.3 is 15.4 Å². The molecule has 2 aromatic rings. The van der Waals surface area contributed by atoms with Crippen LogP contribution in [0.25, 0.3) is 5.52 Å². The molecule has 0 bridgehead atoms. The second kappa shape index (κ2) is 7.36. The first-order valence-electron chi connectivity index (χ1n) is 8.83. The first-order chi connectivity index (χ1) is 12.8. The van der Waals surface area contributed by atoms with E-state index in [4.69, 9.17) is 15.5 Å². The molecule has 1 aliphatic carbocycles. The van der Waals surface area contributed by atoms with E-state index in [1.165, 1.54) is 6.08 Å². The SMILES string of the molecule is CC1=CC(=Nc2c(OCCN(C)C)nn3c(C)c(C)ccc23)C(N)=CC1=O. The highest BCUT2D eigenvalue weighted by Gasteiger charge is 2.19. The van der Waals surface area contributed by atoms with Gasteiger partial charge >= 0.3 is 0 Å². The summed E-state index contributed by atoms with van der Waals surface area (Å²) in [7, 11) is 3.97. The summed E-state index contributed by atoms with van der Waals surface area (Å²) in [6.07, 6.45) is 3.10. The number of fused-ring (bicyclic) bond motifs is 1. The molecule has 2 aromatic heterocycles. The number of ether oxygens (including phenoxy) is 1. The molecule has 3 rings (SSSR count). The third kappa shape index (κ3) is 3.78. The molecular weight excluding hydrogens is 342 g/mol. The van der Waals surface area contributed by atoms with E-state index in [0.717, 1.165) is 23.3 Å². The Kier molecular flexibility index (Phi) is 5.14. The van der Waals surface area contributed by atoms with E-state index < -0.39 is 0 Å². The molecule has 0 amide bonds. The zero-order valence-electron chi connectivity index (χ0n) is 16.4. The Morgan fingerprint density at radius 3 is 2.67 bits per heavy atom. The van der Waals surface area contributed by atoms with Crippen molar-refractivity contribution in [2.45, 2.75) is 20.8 Å². The van der Waals surface area contributed by atoms with Crippen molar-refractivity contribution in [3.05, 3.63) is 46.8 Å². The first-order valence-corrected chi connectivity index (χ1v) is 8.83. The van der Waals surface area contributed by atoms with Gasteiger partial charge in [-0.3, -0.25) is 4.79 Å². The van der Waals surface area contributed by atoms with Crippen LogP contribution in [0.5, 0.6) is 5.88 Å². The summed E-state index contributed by atoms with van der Waals surface area (Å²) < 4.78 is 7.76. The van der Waals surface area contributed by atoms with Crippen LogP contribution in [0.3, 0.4) is 0 Å². The molecule has 7 nitrogen and oxygen atoms in total. The van der Waals surface area contributed by atoms with Gasteiger partial charge in [0, 0.05) is 18.3 Å². The third-order valence-electron chi connectivity index (χ3n) is 4.58. The number of carbonyl (C=O) groups is 1. The van der Waals surface area contributed by atoms with Gasteiger partial charge in [0.15, 0.2) is 11.5 Å². The van der Waals surface area contributed by atoms with Crippen LogP contribution in [0.2, 0.25) is 0 Å². The largest absolute Gasteiger partial charge is 0.474 e. The Hall–Kier alpha value is -2.93. The molecule has 1 aliphatic rings. The summed E-state index contributed by atoms with van der Waals surface area (Å²) in [5.41, 5.74) is 11.1. The number of carbonyl (C=O) groups excluding carboxylic acids is 1. The lowest BCUT2D eigenvalue weighted by molar-refractivity contribution is -0.111. The van der Waals surface area contributed by atoms with Gasteiger partial charge in [-0.1, -0.05) is 6.07 Å². The van der Waals surface area contributed by atoms with Gasteiger partial charge in [0.2, 0.25) is 0 Å². The standard InChI is InChI=1S/C20H25N5O2/c1-12-6-7-17-19(22-16-10-13(2)18(26)11-15(16)21)20(23-25(17)14(12)3)27-9-8-24(4)5/h6-7,10-11H,8-9,21H2,1-5H3. The molecular formula is C20H25N5O2. The molecule has 0 spiro atoms. The van der Waals surface area contributed by atoms with Crippen LogP contribution in [0.1, 0.15) is 18.2 Å². The number of rotatable bonds is 5. The Bertz CT molecular complexity index is 995. The number of ketones is 1. The Morgan fingerprint density at radius 1 is 1.22 bits per heavy atom. The van der Waals surface area contributed by atoms with Crippen LogP contribution >= 0.6 is 0 Å². The van der Waals surface area contributed by atoms with Crippen molar-refractivity contribution in [1.29, 1.82) is 0 Å². The number of hydrogen-bond donors (Lipinski definition) is 1. The molecule has 0 atom stereocenters. The van der Waals surface area contributed by atoms with Crippen molar-refractivity contribution >= 4 is 22.7 Å². The lowest BCUT2D eigenvalue weighted by atomic mass is 10.0. The molecule has 27 heavy (non-hydrogen) atoms. The minimum Gasteiger partial charge on any atom is -0.474 e. The lowest BCUT2D eigenvalue weighted by Crippen LogP contribution is -2.19. The smallest absolute Gasteiger partial charge is 0.260 e. The van der Waals surface area contributed by atoms with E-state index in [-0.39, 0.29) is 5.78 Å². The fourth-order valence-corrected chi connectivity index (χ4v) is 2.73. The molecule has 0 saturated carbocycles. The molecule has 2 N–H and O–H groups in total. The summed E-state index contributed by atoms with van der Waals surface area (Å²) in [6, 6.07) is 4.00. The predicted octanol–water partition coefficient (Wildman–Crippen LogP) is 2.34. The van der Waals surface area contributed by atoms with E-state index in [2.05, 4.69) is 5.10 Å². The number of aryl methyl sites for hydroxylation is 2. The van der Waals surface area contributed by atoms with E-state index in [9.17, 15) is 4.79 Å². The minimum atomic E-state index is -0.0970. The van der Waals surface area contributed by atoms with Crippen molar-refractivity contribution in [2.24, 2.45) is 10.7 Å². The highest BCUT2D eigenvalue weighted by molar-refractivity contribution is 6.22. The topological polar surface area (TPSA) is 85.2 Å². The molecule has 0 aromatic carbocycles. The zero-order chi connectivity index (χ0) is 19.7. The number of nitrogens with two attached hydrogens (primary N) is 1. The maximum atomic E-state index is 11.8. The number of aliphatic imine (C=N–C) groups is 1. The molecule has 0 fully saturated rings. The average molecular weight is 367 g/mol. The maximum absolute atomic E-state index is 11.8. The summed E-state index contributed by atoms with van der Waals surface area (Å²) >= 11 is 0. The van der Waals surface area contributed by atoms with Crippen molar-refractivity contribution < 1.29 is 9.53 Å². The molecule has 0 aliphatic heterocycles. The Labute approximate surface area is 158 Å². The third-order valence-corrected chi connectivity index (χ3v) is 4.58. The van der Waals surface area contributed by atoms with E-state index in [0.29, 0.717) is 35.2 Å². The normalized spacial score (nSPS) is 16.2. The molecule has 0 radical (unpaired) electrons. The Morgan fingerprint density at radius 2 is 1.96 bits per heavy atom. The van der Waals surface area contributed by atoms with Crippen molar-refractivity contribution in [1.82, 2.24) is 14.5 Å². The van der Waals surface area contributed by atoms with Gasteiger partial charge in [0.25, 0.3) is 5.88 Å². The molecule has 0 saturated heterocycles. The summed E-state index contributed by atoms with van der Waals surface area (Å²) in [5, 5.41) is 4.62. The molecule has 0 unspecified atom stereocenters. The highest BCUT2D eigenvalue weighted by Crippen LogP contribution is 2.34. The summed E-state index contributed by atoms with van der Waals surface area (Å²) in [4.78, 5) is 18.5. The van der Waals surface area contributed by atoms with E-state index in [1.807, 2.05) is 49.5 Å². The number of aromatic nitrogens is 2. The minimum absolute atomic E-state index is 0.0970. The van der Waals surface area contributed by atoms with E-state index >= 15 is 0 Å².